The molecule has 288 valence electrons. The van der Waals surface area contributed by atoms with Gasteiger partial charge < -0.3 is 55.1 Å². The van der Waals surface area contributed by atoms with Gasteiger partial charge in [0.2, 0.25) is 6.29 Å². The Kier molecular flexibility index (Phi) is 11.4. The summed E-state index contributed by atoms with van der Waals surface area (Å²) < 4.78 is 28.1. The van der Waals surface area contributed by atoms with Crippen LogP contribution in [0, 0.1) is 6.92 Å². The van der Waals surface area contributed by atoms with Crippen molar-refractivity contribution in [1.82, 2.24) is 5.32 Å². The van der Waals surface area contributed by atoms with Crippen LogP contribution in [0.3, 0.4) is 0 Å². The van der Waals surface area contributed by atoms with Crippen LogP contribution in [0.15, 0.2) is 94.1 Å². The molecule has 0 radical (unpaired) electrons. The zero-order valence-corrected chi connectivity index (χ0v) is 30.7. The van der Waals surface area contributed by atoms with E-state index in [4.69, 9.17) is 29.1 Å². The number of phenols is 1. The second-order valence-electron chi connectivity index (χ2n) is 13.7. The Balaban J connectivity index is 1.12. The Morgan fingerprint density at radius 2 is 1.67 bits per heavy atom. The topological polar surface area (TPSA) is 212 Å². The van der Waals surface area contributed by atoms with Gasteiger partial charge in [0.1, 0.15) is 23.2 Å². The molecule has 0 spiro atoms. The highest BCUT2D eigenvalue weighted by Crippen LogP contribution is 2.38. The van der Waals surface area contributed by atoms with E-state index in [1.807, 2.05) is 18.2 Å². The second kappa shape index (κ2) is 16.2. The summed E-state index contributed by atoms with van der Waals surface area (Å²) in [6.45, 7) is 5.99. The number of rotatable bonds is 12. The third-order valence-electron chi connectivity index (χ3n) is 9.56. The fourth-order valence-electron chi connectivity index (χ4n) is 6.69. The highest BCUT2D eigenvalue weighted by atomic mass is 16.7. The van der Waals surface area contributed by atoms with Crippen molar-refractivity contribution in [2.24, 2.45) is 5.73 Å². The lowest BCUT2D eigenvalue weighted by molar-refractivity contribution is -0.304. The molecule has 14 heteroatoms. The van der Waals surface area contributed by atoms with Gasteiger partial charge in [0.25, 0.3) is 5.91 Å². The molecular weight excluding hydrogens is 710 g/mol. The van der Waals surface area contributed by atoms with Crippen LogP contribution in [0.25, 0.3) is 22.1 Å². The van der Waals surface area contributed by atoms with Crippen LogP contribution < -0.4 is 26.7 Å². The van der Waals surface area contributed by atoms with E-state index in [0.29, 0.717) is 25.1 Å². The van der Waals surface area contributed by atoms with Crippen LogP contribution >= 0.6 is 0 Å². The molecule has 1 aliphatic rings. The number of carbonyl (C=O) groups is 2. The van der Waals surface area contributed by atoms with Gasteiger partial charge >= 0.3 is 11.7 Å². The third kappa shape index (κ3) is 8.42. The van der Waals surface area contributed by atoms with Gasteiger partial charge in [-0.25, -0.2) is 9.59 Å². The molecule has 0 unspecified atom stereocenters. The van der Waals surface area contributed by atoms with Crippen LogP contribution in [-0.4, -0.2) is 71.2 Å². The highest BCUT2D eigenvalue weighted by Gasteiger charge is 2.53. The molecule has 4 atom stereocenters. The number of nitrogens with two attached hydrogens (primary N) is 1. The maximum Gasteiger partial charge on any atom is 0.404 e. The number of benzene rings is 4. The predicted molar refractivity (Wildman–Crippen MR) is 203 cm³/mol. The molecule has 1 aromatic heterocycles. The molecule has 0 saturated carbocycles. The molecule has 0 bridgehead atoms. The molecule has 0 aliphatic carbocycles. The number of aliphatic hydroxyl groups is 1. The lowest BCUT2D eigenvalue weighted by atomic mass is 9.89. The third-order valence-corrected chi connectivity index (χ3v) is 9.56. The van der Waals surface area contributed by atoms with Crippen molar-refractivity contribution in [2.45, 2.75) is 63.9 Å². The SMILES string of the molecule is CO[C@@H]1[C@@H](OC(N)=O)[C@@H](O)[C@H](Oc2ccc3c(O)c(NC(=O)c4ccc(O)c(CCNCc5ccc(-c6ccccc6)cc5)c4)c(=O)oc3c2C)OC1(C)C. The van der Waals surface area contributed by atoms with Crippen LogP contribution in [0.5, 0.6) is 17.2 Å². The zero-order valence-electron chi connectivity index (χ0n) is 30.7. The average Bonchev–Trinajstić information content (AvgIpc) is 3.16. The summed E-state index contributed by atoms with van der Waals surface area (Å²) in [5, 5.41) is 38.6. The number of fused-ring (bicyclic) bond motifs is 1. The van der Waals surface area contributed by atoms with Crippen molar-refractivity contribution in [3.63, 3.8) is 0 Å². The van der Waals surface area contributed by atoms with E-state index in [-0.39, 0.29) is 33.6 Å². The van der Waals surface area contributed by atoms with E-state index in [0.717, 1.165) is 16.7 Å². The van der Waals surface area contributed by atoms with Gasteiger partial charge in [-0.05, 0) is 86.3 Å². The van der Waals surface area contributed by atoms with Gasteiger partial charge in [-0.3, -0.25) is 4.79 Å². The number of nitrogens with one attached hydrogen (secondary N) is 2. The number of aliphatic hydroxyl groups excluding tert-OH is 1. The molecule has 2 amide bonds. The van der Waals surface area contributed by atoms with E-state index in [9.17, 15) is 29.7 Å². The molecule has 7 N–H and O–H groups in total. The molecule has 1 aliphatic heterocycles. The Morgan fingerprint density at radius 3 is 2.36 bits per heavy atom. The van der Waals surface area contributed by atoms with Crippen molar-refractivity contribution in [1.29, 1.82) is 0 Å². The largest absolute Gasteiger partial charge is 0.508 e. The Hall–Kier alpha value is -5.93. The minimum absolute atomic E-state index is 0.0104. The molecule has 2 heterocycles. The first-order chi connectivity index (χ1) is 26.3. The maximum atomic E-state index is 13.3. The van der Waals surface area contributed by atoms with Gasteiger partial charge in [-0.1, -0.05) is 54.6 Å². The number of primary amides is 1. The number of phenolic OH excluding ortho intramolecular Hbond substituents is 1. The molecule has 14 nitrogen and oxygen atoms in total. The summed E-state index contributed by atoms with van der Waals surface area (Å²) in [5.41, 5.74) is 6.84. The molecule has 55 heavy (non-hydrogen) atoms. The predicted octanol–water partition coefficient (Wildman–Crippen LogP) is 5.12. The fourth-order valence-corrected chi connectivity index (χ4v) is 6.69. The van der Waals surface area contributed by atoms with Crippen molar-refractivity contribution in [3.05, 3.63) is 118 Å². The summed E-state index contributed by atoms with van der Waals surface area (Å²) in [4.78, 5) is 38.1. The van der Waals surface area contributed by atoms with Gasteiger partial charge in [-0.2, -0.15) is 0 Å². The molecule has 1 saturated heterocycles. The minimum Gasteiger partial charge on any atom is -0.508 e. The smallest absolute Gasteiger partial charge is 0.404 e. The van der Waals surface area contributed by atoms with E-state index < -0.39 is 59.3 Å². The number of carbonyl (C=O) groups excluding carboxylic acids is 2. The van der Waals surface area contributed by atoms with Crippen molar-refractivity contribution in [3.8, 4) is 28.4 Å². The lowest BCUT2D eigenvalue weighted by Gasteiger charge is -2.47. The van der Waals surface area contributed by atoms with Gasteiger partial charge in [0.05, 0.1) is 11.0 Å². The standard InChI is InChI=1S/C41H43N3O11/c1-22-30(52-39-33(47)35(54-40(42)50)36(51-4)41(2,3)55-39)17-15-28-32(46)31(38(49)53-34(22)28)44-37(48)27-14-16-29(45)26(20-27)18-19-43-21-23-10-12-25(13-11-23)24-8-6-5-7-9-24/h5-17,20,33,35-36,39,43,45-47H,18-19,21H2,1-4H3,(H2,42,50)(H,44,48)/t33-,35+,36-,39-/m1/s1. The average molecular weight is 754 g/mol. The fraction of sp³-hybridized carbons (Fsp3) is 0.293. The molecule has 1 fully saturated rings. The number of methoxy groups -OCH3 is 1. The number of aromatic hydroxyl groups is 2. The van der Waals surface area contributed by atoms with Gasteiger partial charge in [0, 0.05) is 24.8 Å². The van der Waals surface area contributed by atoms with Crippen LogP contribution in [0.4, 0.5) is 10.5 Å². The first kappa shape index (κ1) is 38.8. The van der Waals surface area contributed by atoms with Crippen molar-refractivity contribution < 1.29 is 48.3 Å². The number of anilines is 1. The lowest BCUT2D eigenvalue weighted by Crippen LogP contribution is -2.65. The molecule has 5 aromatic rings. The van der Waals surface area contributed by atoms with E-state index >= 15 is 0 Å². The first-order valence-electron chi connectivity index (χ1n) is 17.6. The summed E-state index contributed by atoms with van der Waals surface area (Å²) in [7, 11) is 1.37. The summed E-state index contributed by atoms with van der Waals surface area (Å²) in [6.07, 6.45) is -5.74. The number of hydrogen-bond donors (Lipinski definition) is 6. The first-order valence-corrected chi connectivity index (χ1v) is 17.6. The molecule has 6 rings (SSSR count). The van der Waals surface area contributed by atoms with Crippen molar-refractivity contribution in [2.75, 3.05) is 19.0 Å². The van der Waals surface area contributed by atoms with E-state index in [1.165, 1.54) is 37.4 Å². The normalized spacial score (nSPS) is 19.1. The van der Waals surface area contributed by atoms with Crippen LogP contribution in [0.1, 0.15) is 40.9 Å². The Morgan fingerprint density at radius 1 is 0.964 bits per heavy atom. The minimum atomic E-state index is -1.53. The monoisotopic (exact) mass is 753 g/mol. The van der Waals surface area contributed by atoms with Crippen LogP contribution in [-0.2, 0) is 27.2 Å². The number of amides is 2. The van der Waals surface area contributed by atoms with E-state index in [2.05, 4.69) is 47.0 Å². The molecular formula is C41H43N3O11. The van der Waals surface area contributed by atoms with Crippen molar-refractivity contribution >= 4 is 28.7 Å². The molecule has 4 aromatic carbocycles. The summed E-state index contributed by atoms with van der Waals surface area (Å²) >= 11 is 0. The quantitative estimate of drug-likeness (QED) is 0.0724. The van der Waals surface area contributed by atoms with E-state index in [1.54, 1.807) is 20.8 Å². The number of ether oxygens (including phenoxy) is 4. The summed E-state index contributed by atoms with van der Waals surface area (Å²) in [5.74, 6) is -1.12. The van der Waals surface area contributed by atoms with Gasteiger partial charge in [0.15, 0.2) is 23.6 Å². The Bertz CT molecular complexity index is 2240. The number of hydrogen-bond acceptors (Lipinski definition) is 12. The Labute approximate surface area is 316 Å². The van der Waals surface area contributed by atoms with Gasteiger partial charge in [-0.15, -0.1) is 0 Å². The highest BCUT2D eigenvalue weighted by molar-refractivity contribution is 6.06. The zero-order chi connectivity index (χ0) is 39.4. The maximum absolute atomic E-state index is 13.3. The van der Waals surface area contributed by atoms with Crippen LogP contribution in [0.2, 0.25) is 0 Å². The number of aryl methyl sites for hydroxylation is 1. The summed E-state index contributed by atoms with van der Waals surface area (Å²) in [6, 6.07) is 25.5. The second-order valence-corrected chi connectivity index (χ2v) is 13.7.